The monoisotopic (exact) mass is 316 g/mol. The van der Waals surface area contributed by atoms with Crippen LogP contribution in [0, 0.1) is 0 Å². The zero-order valence-corrected chi connectivity index (χ0v) is 12.0. The summed E-state index contributed by atoms with van der Waals surface area (Å²) in [5.74, 6) is 0.261. The van der Waals surface area contributed by atoms with Crippen LogP contribution in [0.1, 0.15) is 17.2 Å². The van der Waals surface area contributed by atoms with Crippen LogP contribution in [0.3, 0.4) is 0 Å². The molecule has 0 aliphatic rings. The molecule has 19 heavy (non-hydrogen) atoms. The SMILES string of the molecule is Nc1ncc(Cl)cc1C(O)Cc1ccc(Cl)c(Cl)c1. The molecule has 0 fully saturated rings. The lowest BCUT2D eigenvalue weighted by molar-refractivity contribution is 0.179. The summed E-state index contributed by atoms with van der Waals surface area (Å²) in [6.45, 7) is 0. The third-order valence-electron chi connectivity index (χ3n) is 2.69. The average Bonchev–Trinajstić information content (AvgIpc) is 2.36. The summed E-state index contributed by atoms with van der Waals surface area (Å²) in [4.78, 5) is 3.91. The summed E-state index contributed by atoms with van der Waals surface area (Å²) >= 11 is 17.6. The third-order valence-corrected chi connectivity index (χ3v) is 3.63. The molecule has 1 heterocycles. The molecule has 3 nitrogen and oxygen atoms in total. The minimum atomic E-state index is -0.802. The summed E-state index contributed by atoms with van der Waals surface area (Å²) in [5.41, 5.74) is 7.07. The van der Waals surface area contributed by atoms with Crippen LogP contribution < -0.4 is 5.73 Å². The molecule has 2 rings (SSSR count). The Kier molecular flexibility index (Phi) is 4.53. The number of pyridine rings is 1. The Hall–Kier alpha value is -1.000. The maximum absolute atomic E-state index is 10.2. The number of benzene rings is 1. The average molecular weight is 318 g/mol. The van der Waals surface area contributed by atoms with Gasteiger partial charge in [-0.15, -0.1) is 0 Å². The van der Waals surface area contributed by atoms with E-state index in [9.17, 15) is 5.11 Å². The molecule has 0 aliphatic carbocycles. The number of anilines is 1. The Morgan fingerprint density at radius 1 is 1.16 bits per heavy atom. The molecule has 0 radical (unpaired) electrons. The van der Waals surface area contributed by atoms with Gasteiger partial charge in [-0.25, -0.2) is 4.98 Å². The fraction of sp³-hybridized carbons (Fsp3) is 0.154. The van der Waals surface area contributed by atoms with Crippen LogP contribution in [0.2, 0.25) is 15.1 Å². The maximum Gasteiger partial charge on any atom is 0.129 e. The largest absolute Gasteiger partial charge is 0.388 e. The molecular formula is C13H11Cl3N2O. The number of rotatable bonds is 3. The number of halogens is 3. The molecule has 0 aliphatic heterocycles. The molecule has 3 N–H and O–H groups in total. The highest BCUT2D eigenvalue weighted by Gasteiger charge is 2.14. The number of nitrogens with zero attached hydrogens (tertiary/aromatic N) is 1. The number of hydrogen-bond donors (Lipinski definition) is 2. The highest BCUT2D eigenvalue weighted by molar-refractivity contribution is 6.42. The number of nitrogen functional groups attached to an aromatic ring is 1. The van der Waals surface area contributed by atoms with Crippen LogP contribution in [-0.2, 0) is 6.42 Å². The lowest BCUT2D eigenvalue weighted by Crippen LogP contribution is -2.07. The van der Waals surface area contributed by atoms with E-state index in [4.69, 9.17) is 40.5 Å². The van der Waals surface area contributed by atoms with E-state index in [1.54, 1.807) is 24.3 Å². The van der Waals surface area contributed by atoms with Crippen LogP contribution >= 0.6 is 34.8 Å². The molecule has 1 unspecified atom stereocenters. The molecule has 100 valence electrons. The second-order valence-electron chi connectivity index (χ2n) is 4.10. The topological polar surface area (TPSA) is 59.1 Å². The smallest absolute Gasteiger partial charge is 0.129 e. The van der Waals surface area contributed by atoms with Gasteiger partial charge in [-0.2, -0.15) is 0 Å². The van der Waals surface area contributed by atoms with Crippen LogP contribution in [0.15, 0.2) is 30.5 Å². The van der Waals surface area contributed by atoms with Crippen molar-refractivity contribution in [3.05, 3.63) is 56.7 Å². The van der Waals surface area contributed by atoms with Crippen LogP contribution in [-0.4, -0.2) is 10.1 Å². The number of aliphatic hydroxyl groups excluding tert-OH is 1. The first-order valence-corrected chi connectivity index (χ1v) is 6.63. The van der Waals surface area contributed by atoms with Crippen molar-refractivity contribution in [1.29, 1.82) is 0 Å². The summed E-state index contributed by atoms with van der Waals surface area (Å²) < 4.78 is 0. The molecular weight excluding hydrogens is 307 g/mol. The van der Waals surface area contributed by atoms with Crippen molar-refractivity contribution in [3.63, 3.8) is 0 Å². The fourth-order valence-electron chi connectivity index (χ4n) is 1.73. The summed E-state index contributed by atoms with van der Waals surface area (Å²) in [6, 6.07) is 6.80. The van der Waals surface area contributed by atoms with Gasteiger partial charge in [0.2, 0.25) is 0 Å². The van der Waals surface area contributed by atoms with Gasteiger partial charge in [-0.05, 0) is 23.8 Å². The van der Waals surface area contributed by atoms with Gasteiger partial charge in [-0.1, -0.05) is 40.9 Å². The van der Waals surface area contributed by atoms with Gasteiger partial charge in [-0.3, -0.25) is 0 Å². The van der Waals surface area contributed by atoms with Crippen molar-refractivity contribution in [2.24, 2.45) is 0 Å². The van der Waals surface area contributed by atoms with Gasteiger partial charge in [0.05, 0.1) is 21.2 Å². The Morgan fingerprint density at radius 2 is 1.89 bits per heavy atom. The first-order chi connectivity index (χ1) is 8.97. The Bertz CT molecular complexity index is 604. The van der Waals surface area contributed by atoms with Crippen LogP contribution in [0.4, 0.5) is 5.82 Å². The van der Waals surface area contributed by atoms with E-state index in [1.165, 1.54) is 6.20 Å². The zero-order valence-electron chi connectivity index (χ0n) is 9.78. The second-order valence-corrected chi connectivity index (χ2v) is 5.35. The molecule has 6 heteroatoms. The highest BCUT2D eigenvalue weighted by Crippen LogP contribution is 2.28. The summed E-state index contributed by atoms with van der Waals surface area (Å²) in [5, 5.41) is 11.5. The first-order valence-electron chi connectivity index (χ1n) is 5.50. The Balaban J connectivity index is 2.22. The van der Waals surface area contributed by atoms with Gasteiger partial charge < -0.3 is 10.8 Å². The number of aliphatic hydroxyl groups is 1. The molecule has 1 aromatic heterocycles. The fourth-order valence-corrected chi connectivity index (χ4v) is 2.22. The predicted molar refractivity (Wildman–Crippen MR) is 78.8 cm³/mol. The quantitative estimate of drug-likeness (QED) is 0.902. The van der Waals surface area contributed by atoms with Gasteiger partial charge >= 0.3 is 0 Å². The highest BCUT2D eigenvalue weighted by atomic mass is 35.5. The minimum absolute atomic E-state index is 0.261. The van der Waals surface area contributed by atoms with E-state index in [0.29, 0.717) is 27.1 Å². The van der Waals surface area contributed by atoms with Crippen LogP contribution in [0.5, 0.6) is 0 Å². The Labute approximate surface area is 125 Å². The lowest BCUT2D eigenvalue weighted by atomic mass is 10.0. The minimum Gasteiger partial charge on any atom is -0.388 e. The summed E-state index contributed by atoms with van der Waals surface area (Å²) in [7, 11) is 0. The molecule has 2 aromatic rings. The van der Waals surface area contributed by atoms with E-state index < -0.39 is 6.10 Å². The molecule has 0 bridgehead atoms. The zero-order chi connectivity index (χ0) is 14.0. The van der Waals surface area contributed by atoms with E-state index in [-0.39, 0.29) is 5.82 Å². The van der Waals surface area contributed by atoms with E-state index in [2.05, 4.69) is 4.98 Å². The van der Waals surface area contributed by atoms with Crippen molar-refractivity contribution in [3.8, 4) is 0 Å². The maximum atomic E-state index is 10.2. The lowest BCUT2D eigenvalue weighted by Gasteiger charge is -2.13. The van der Waals surface area contributed by atoms with Gasteiger partial charge in [0.25, 0.3) is 0 Å². The standard InChI is InChI=1S/C13H11Cl3N2O/c14-8-5-9(13(17)18-6-8)12(19)4-7-1-2-10(15)11(16)3-7/h1-3,5-6,12,19H,4H2,(H2,17,18). The molecule has 1 atom stereocenters. The first kappa shape index (κ1) is 14.4. The molecule has 0 spiro atoms. The second kappa shape index (κ2) is 5.97. The van der Waals surface area contributed by atoms with Crippen molar-refractivity contribution in [2.75, 3.05) is 5.73 Å². The van der Waals surface area contributed by atoms with E-state index >= 15 is 0 Å². The molecule has 0 amide bonds. The molecule has 0 saturated carbocycles. The predicted octanol–water partition coefficient (Wildman–Crippen LogP) is 3.90. The van der Waals surface area contributed by atoms with Gasteiger partial charge in [0.1, 0.15) is 5.82 Å². The van der Waals surface area contributed by atoms with Crippen LogP contribution in [0.25, 0.3) is 0 Å². The molecule has 0 saturated heterocycles. The summed E-state index contributed by atoms with van der Waals surface area (Å²) in [6.07, 6.45) is 0.985. The number of aromatic nitrogens is 1. The Morgan fingerprint density at radius 3 is 2.58 bits per heavy atom. The number of hydrogen-bond acceptors (Lipinski definition) is 3. The van der Waals surface area contributed by atoms with Crippen molar-refractivity contribution >= 4 is 40.6 Å². The van der Waals surface area contributed by atoms with Gasteiger partial charge in [0, 0.05) is 18.2 Å². The van der Waals surface area contributed by atoms with E-state index in [1.807, 2.05) is 0 Å². The third kappa shape index (κ3) is 3.51. The van der Waals surface area contributed by atoms with Crippen molar-refractivity contribution < 1.29 is 5.11 Å². The molecule has 1 aromatic carbocycles. The normalized spacial score (nSPS) is 12.4. The van der Waals surface area contributed by atoms with Gasteiger partial charge in [0.15, 0.2) is 0 Å². The number of nitrogens with two attached hydrogens (primary N) is 1. The van der Waals surface area contributed by atoms with E-state index in [0.717, 1.165) is 5.56 Å². The van der Waals surface area contributed by atoms with Crippen molar-refractivity contribution in [2.45, 2.75) is 12.5 Å². The van der Waals surface area contributed by atoms with Crippen molar-refractivity contribution in [1.82, 2.24) is 4.98 Å².